The van der Waals surface area contributed by atoms with Gasteiger partial charge in [0.05, 0.1) is 18.9 Å². The summed E-state index contributed by atoms with van der Waals surface area (Å²) in [4.78, 5) is 11.9. The molecule has 1 aromatic heterocycles. The average Bonchev–Trinajstić information content (AvgIpc) is 3.01. The van der Waals surface area contributed by atoms with Gasteiger partial charge in [-0.2, -0.15) is 0 Å². The van der Waals surface area contributed by atoms with E-state index in [9.17, 15) is 4.79 Å². The van der Waals surface area contributed by atoms with Gasteiger partial charge in [-0.05, 0) is 36.2 Å². The maximum absolute atomic E-state index is 11.9. The summed E-state index contributed by atoms with van der Waals surface area (Å²) in [5.41, 5.74) is 7.51. The summed E-state index contributed by atoms with van der Waals surface area (Å²) in [6, 6.07) is 10.8. The van der Waals surface area contributed by atoms with Gasteiger partial charge in [-0.15, -0.1) is 12.4 Å². The first kappa shape index (κ1) is 19.2. The predicted octanol–water partition coefficient (Wildman–Crippen LogP) is 3.48. The Morgan fingerprint density at radius 1 is 1.30 bits per heavy atom. The van der Waals surface area contributed by atoms with E-state index in [0.717, 1.165) is 23.4 Å². The highest BCUT2D eigenvalue weighted by atomic mass is 35.5. The number of anilines is 1. The second-order valence-corrected chi connectivity index (χ2v) is 5.16. The zero-order valence-corrected chi connectivity index (χ0v) is 14.0. The van der Waals surface area contributed by atoms with E-state index in [1.54, 1.807) is 6.26 Å². The Balaban J connectivity index is 0.00000264. The minimum Gasteiger partial charge on any atom is -0.467 e. The molecule has 0 bridgehead atoms. The van der Waals surface area contributed by atoms with Gasteiger partial charge in [0.1, 0.15) is 12.4 Å². The molecule has 6 heteroatoms. The van der Waals surface area contributed by atoms with Gasteiger partial charge in [0, 0.05) is 5.69 Å². The second-order valence-electron chi connectivity index (χ2n) is 5.16. The fraction of sp³-hybridized carbons (Fsp3) is 0.353. The van der Waals surface area contributed by atoms with Crippen molar-refractivity contribution in [3.8, 4) is 0 Å². The number of nitrogens with one attached hydrogen (secondary N) is 1. The molecule has 3 N–H and O–H groups in total. The Hall–Kier alpha value is -1.82. The SMILES string of the molecule is CCCC(N)C(=O)Nc1cccc(COCc2ccco2)c1.Cl. The highest BCUT2D eigenvalue weighted by Gasteiger charge is 2.12. The van der Waals surface area contributed by atoms with Crippen LogP contribution in [0.1, 0.15) is 31.1 Å². The van der Waals surface area contributed by atoms with Crippen molar-refractivity contribution in [2.24, 2.45) is 5.73 Å². The predicted molar refractivity (Wildman–Crippen MR) is 92.4 cm³/mol. The Morgan fingerprint density at radius 3 is 2.83 bits per heavy atom. The molecule has 1 amide bonds. The summed E-state index contributed by atoms with van der Waals surface area (Å²) < 4.78 is 10.8. The van der Waals surface area contributed by atoms with Crippen molar-refractivity contribution in [2.75, 3.05) is 5.32 Å². The molecular weight excluding hydrogens is 316 g/mol. The smallest absolute Gasteiger partial charge is 0.241 e. The second kappa shape index (κ2) is 10.0. The highest BCUT2D eigenvalue weighted by molar-refractivity contribution is 5.94. The number of halogens is 1. The lowest BCUT2D eigenvalue weighted by molar-refractivity contribution is -0.117. The molecule has 0 radical (unpaired) electrons. The van der Waals surface area contributed by atoms with Crippen molar-refractivity contribution in [2.45, 2.75) is 39.0 Å². The van der Waals surface area contributed by atoms with Gasteiger partial charge in [-0.3, -0.25) is 4.79 Å². The summed E-state index contributed by atoms with van der Waals surface area (Å²) in [5, 5.41) is 2.83. The van der Waals surface area contributed by atoms with Gasteiger partial charge in [0.2, 0.25) is 5.91 Å². The summed E-state index contributed by atoms with van der Waals surface area (Å²) in [5.74, 6) is 0.630. The first-order valence-corrected chi connectivity index (χ1v) is 7.44. The third-order valence-corrected chi connectivity index (χ3v) is 3.22. The lowest BCUT2D eigenvalue weighted by Gasteiger charge is -2.12. The van der Waals surface area contributed by atoms with Crippen LogP contribution >= 0.6 is 12.4 Å². The van der Waals surface area contributed by atoms with E-state index in [4.69, 9.17) is 14.9 Å². The molecule has 2 aromatic rings. The molecular formula is C17H23ClN2O3. The molecule has 1 atom stereocenters. The van der Waals surface area contributed by atoms with Gasteiger partial charge in [0.25, 0.3) is 0 Å². The van der Waals surface area contributed by atoms with Crippen LogP contribution < -0.4 is 11.1 Å². The lowest BCUT2D eigenvalue weighted by Crippen LogP contribution is -2.35. The van der Waals surface area contributed by atoms with Crippen LogP contribution in [0.4, 0.5) is 5.69 Å². The first-order valence-electron chi connectivity index (χ1n) is 7.44. The molecule has 0 aliphatic rings. The van der Waals surface area contributed by atoms with E-state index in [0.29, 0.717) is 19.6 Å². The van der Waals surface area contributed by atoms with E-state index in [1.165, 1.54) is 0 Å². The average molecular weight is 339 g/mol. The number of carbonyl (C=O) groups is 1. The van der Waals surface area contributed by atoms with E-state index in [1.807, 2.05) is 43.3 Å². The van der Waals surface area contributed by atoms with Gasteiger partial charge in [0.15, 0.2) is 0 Å². The zero-order chi connectivity index (χ0) is 15.8. The van der Waals surface area contributed by atoms with E-state index >= 15 is 0 Å². The molecule has 0 spiro atoms. The first-order chi connectivity index (χ1) is 10.7. The van der Waals surface area contributed by atoms with Crippen LogP contribution in [0.25, 0.3) is 0 Å². The van der Waals surface area contributed by atoms with Crippen molar-refractivity contribution in [3.63, 3.8) is 0 Å². The number of benzene rings is 1. The molecule has 0 saturated heterocycles. The summed E-state index contributed by atoms with van der Waals surface area (Å²) >= 11 is 0. The largest absolute Gasteiger partial charge is 0.467 e. The fourth-order valence-corrected chi connectivity index (χ4v) is 2.08. The van der Waals surface area contributed by atoms with E-state index in [-0.39, 0.29) is 18.3 Å². The topological polar surface area (TPSA) is 77.5 Å². The molecule has 126 valence electrons. The Bertz CT molecular complexity index is 587. The van der Waals surface area contributed by atoms with Crippen LogP contribution in [0, 0.1) is 0 Å². The minimum absolute atomic E-state index is 0. The molecule has 0 fully saturated rings. The quantitative estimate of drug-likeness (QED) is 0.772. The summed E-state index contributed by atoms with van der Waals surface area (Å²) in [6.07, 6.45) is 3.18. The van der Waals surface area contributed by atoms with Gasteiger partial charge in [-0.25, -0.2) is 0 Å². The van der Waals surface area contributed by atoms with Crippen LogP contribution in [0.2, 0.25) is 0 Å². The fourth-order valence-electron chi connectivity index (χ4n) is 2.08. The van der Waals surface area contributed by atoms with E-state index in [2.05, 4.69) is 5.32 Å². The zero-order valence-electron chi connectivity index (χ0n) is 13.2. The van der Waals surface area contributed by atoms with Crippen LogP contribution in [-0.2, 0) is 22.7 Å². The third kappa shape index (κ3) is 6.44. The number of furan rings is 1. The Morgan fingerprint density at radius 2 is 2.13 bits per heavy atom. The standard InChI is InChI=1S/C17H22N2O3.ClH/c1-2-5-16(18)17(20)19-14-7-3-6-13(10-14)11-21-12-15-8-4-9-22-15;/h3-4,6-10,16H,2,5,11-12,18H2,1H3,(H,19,20);1H. The Labute approximate surface area is 142 Å². The van der Waals surface area contributed by atoms with Crippen LogP contribution in [0.15, 0.2) is 47.1 Å². The molecule has 2 rings (SSSR count). The molecule has 1 aromatic carbocycles. The molecule has 23 heavy (non-hydrogen) atoms. The van der Waals surface area contributed by atoms with E-state index < -0.39 is 6.04 Å². The molecule has 1 heterocycles. The minimum atomic E-state index is -0.469. The van der Waals surface area contributed by atoms with Crippen molar-refractivity contribution < 1.29 is 13.9 Å². The van der Waals surface area contributed by atoms with Crippen LogP contribution in [-0.4, -0.2) is 11.9 Å². The van der Waals surface area contributed by atoms with Crippen LogP contribution in [0.3, 0.4) is 0 Å². The number of hydrogen-bond acceptors (Lipinski definition) is 4. The number of amides is 1. The number of ether oxygens (including phenoxy) is 1. The molecule has 0 saturated carbocycles. The van der Waals surface area contributed by atoms with Crippen molar-refractivity contribution >= 4 is 24.0 Å². The van der Waals surface area contributed by atoms with Crippen LogP contribution in [0.5, 0.6) is 0 Å². The van der Waals surface area contributed by atoms with Crippen molar-refractivity contribution in [1.82, 2.24) is 0 Å². The van der Waals surface area contributed by atoms with Gasteiger partial charge < -0.3 is 20.2 Å². The summed E-state index contributed by atoms with van der Waals surface area (Å²) in [6.45, 7) is 2.88. The highest BCUT2D eigenvalue weighted by Crippen LogP contribution is 2.13. The number of hydrogen-bond donors (Lipinski definition) is 2. The maximum Gasteiger partial charge on any atom is 0.241 e. The normalized spacial score (nSPS) is 11.6. The van der Waals surface area contributed by atoms with Gasteiger partial charge in [-0.1, -0.05) is 25.5 Å². The molecule has 0 aliphatic heterocycles. The van der Waals surface area contributed by atoms with Gasteiger partial charge >= 0.3 is 0 Å². The molecule has 1 unspecified atom stereocenters. The summed E-state index contributed by atoms with van der Waals surface area (Å²) in [7, 11) is 0. The lowest BCUT2D eigenvalue weighted by atomic mass is 10.1. The number of rotatable bonds is 8. The van der Waals surface area contributed by atoms with Crippen molar-refractivity contribution in [3.05, 3.63) is 54.0 Å². The Kier molecular flexibility index (Phi) is 8.40. The monoisotopic (exact) mass is 338 g/mol. The molecule has 0 aliphatic carbocycles. The maximum atomic E-state index is 11.9. The molecule has 5 nitrogen and oxygen atoms in total. The number of carbonyl (C=O) groups excluding carboxylic acids is 1. The third-order valence-electron chi connectivity index (χ3n) is 3.22. The number of nitrogens with two attached hydrogens (primary N) is 1. The van der Waals surface area contributed by atoms with Crippen molar-refractivity contribution in [1.29, 1.82) is 0 Å².